The Morgan fingerprint density at radius 2 is 1.20 bits per heavy atom. The summed E-state index contributed by atoms with van der Waals surface area (Å²) in [5.74, 6) is 4.59. The van der Waals surface area contributed by atoms with Gasteiger partial charge in [0.05, 0.1) is 0 Å². The number of thioether (sulfide) groups is 2. The maximum Gasteiger partial charge on any atom is 0.0196 e. The molecule has 0 spiro atoms. The van der Waals surface area contributed by atoms with Crippen molar-refractivity contribution in [3.63, 3.8) is 0 Å². The molecular weight excluding hydrogens is 288 g/mol. The van der Waals surface area contributed by atoms with Gasteiger partial charge in [0.25, 0.3) is 0 Å². The molecule has 4 nitrogen and oxygen atoms in total. The minimum atomic E-state index is 0.671. The summed E-state index contributed by atoms with van der Waals surface area (Å²) in [5.41, 5.74) is 11.1. The molecule has 4 N–H and O–H groups in total. The number of nitrogens with zero attached hydrogens (tertiary/aromatic N) is 2. The Bertz CT molecular complexity index is 219. The molecule has 0 aromatic carbocycles. The Morgan fingerprint density at radius 3 is 1.55 bits per heavy atom. The van der Waals surface area contributed by atoms with Gasteiger partial charge in [-0.3, -0.25) is 9.80 Å². The van der Waals surface area contributed by atoms with Crippen molar-refractivity contribution >= 4 is 23.5 Å². The highest BCUT2D eigenvalue weighted by molar-refractivity contribution is 7.99. The van der Waals surface area contributed by atoms with E-state index in [4.69, 9.17) is 11.5 Å². The summed E-state index contributed by atoms with van der Waals surface area (Å²) in [6.07, 6.45) is 0. The third-order valence-electron chi connectivity index (χ3n) is 3.81. The zero-order chi connectivity index (χ0) is 14.8. The van der Waals surface area contributed by atoms with Gasteiger partial charge in [-0.1, -0.05) is 0 Å². The summed E-state index contributed by atoms with van der Waals surface area (Å²) in [4.78, 5) is 5.27. The molecule has 0 aliphatic carbocycles. The molecule has 0 saturated carbocycles. The average molecular weight is 321 g/mol. The van der Waals surface area contributed by atoms with Crippen LogP contribution in [0.25, 0.3) is 0 Å². The molecule has 0 unspecified atom stereocenters. The van der Waals surface area contributed by atoms with Gasteiger partial charge in [0.2, 0.25) is 0 Å². The van der Waals surface area contributed by atoms with Crippen LogP contribution in [0, 0.1) is 0 Å². The van der Waals surface area contributed by atoms with Crippen LogP contribution in [0.5, 0.6) is 0 Å². The van der Waals surface area contributed by atoms with Crippen molar-refractivity contribution < 1.29 is 0 Å². The fourth-order valence-electron chi connectivity index (χ4n) is 2.63. The van der Waals surface area contributed by atoms with Crippen molar-refractivity contribution in [3.8, 4) is 0 Å². The van der Waals surface area contributed by atoms with E-state index in [1.165, 1.54) is 37.7 Å². The van der Waals surface area contributed by atoms with Crippen LogP contribution in [0.1, 0.15) is 13.8 Å². The molecule has 0 amide bonds. The molecule has 0 aromatic heterocycles. The predicted molar refractivity (Wildman–Crippen MR) is 94.8 cm³/mol. The molecule has 1 aliphatic heterocycles. The summed E-state index contributed by atoms with van der Waals surface area (Å²) in [7, 11) is 0. The Balaban J connectivity index is 2.22. The van der Waals surface area contributed by atoms with Gasteiger partial charge in [-0.25, -0.2) is 0 Å². The Hall–Kier alpha value is 0.540. The van der Waals surface area contributed by atoms with Gasteiger partial charge in [-0.05, 0) is 13.8 Å². The molecule has 20 heavy (non-hydrogen) atoms. The lowest BCUT2D eigenvalue weighted by molar-refractivity contribution is 0.0516. The lowest BCUT2D eigenvalue weighted by Crippen LogP contribution is -2.57. The van der Waals surface area contributed by atoms with Crippen molar-refractivity contribution in [1.29, 1.82) is 0 Å². The van der Waals surface area contributed by atoms with Gasteiger partial charge >= 0.3 is 0 Å². The normalized spacial score (nSPS) is 25.2. The fraction of sp³-hybridized carbons (Fsp3) is 1.00. The van der Waals surface area contributed by atoms with E-state index in [1.54, 1.807) is 0 Å². The molecule has 1 fully saturated rings. The molecule has 1 saturated heterocycles. The van der Waals surface area contributed by atoms with Gasteiger partial charge in [-0.2, -0.15) is 23.5 Å². The van der Waals surface area contributed by atoms with Gasteiger partial charge in [0, 0.05) is 74.4 Å². The lowest BCUT2D eigenvalue weighted by atomic mass is 10.1. The molecule has 0 aromatic rings. The van der Waals surface area contributed by atoms with Crippen LogP contribution < -0.4 is 11.5 Å². The first kappa shape index (κ1) is 18.6. The number of nitrogens with two attached hydrogens (primary N) is 2. The largest absolute Gasteiger partial charge is 0.330 e. The number of hydrogen-bond donors (Lipinski definition) is 2. The minimum Gasteiger partial charge on any atom is -0.330 e. The molecule has 0 bridgehead atoms. The van der Waals surface area contributed by atoms with Crippen LogP contribution in [-0.4, -0.2) is 84.2 Å². The highest BCUT2D eigenvalue weighted by Gasteiger charge is 2.27. The standard InChI is InChI=1S/C14H32N4S2/c1-13-11-18(6-10-20-8-4-16)14(2)12-17(13)5-9-19-7-3-15/h13-14H,3-12,15-16H2,1-2H3/t13-,14-/m0/s1. The van der Waals surface area contributed by atoms with Gasteiger partial charge in [0.15, 0.2) is 0 Å². The zero-order valence-electron chi connectivity index (χ0n) is 13.1. The van der Waals surface area contributed by atoms with Crippen molar-refractivity contribution in [3.05, 3.63) is 0 Å². The SMILES string of the molecule is C[C@H]1CN(CCSCCN)[C@@H](C)CN1CCSCCN. The first-order valence-electron chi connectivity index (χ1n) is 7.72. The molecule has 2 atom stereocenters. The van der Waals surface area contributed by atoms with E-state index in [-0.39, 0.29) is 0 Å². The smallest absolute Gasteiger partial charge is 0.0196 e. The number of hydrogen-bond acceptors (Lipinski definition) is 6. The van der Waals surface area contributed by atoms with Gasteiger partial charge in [0.1, 0.15) is 0 Å². The van der Waals surface area contributed by atoms with Crippen LogP contribution in [0.2, 0.25) is 0 Å². The number of piperazine rings is 1. The third kappa shape index (κ3) is 7.00. The van der Waals surface area contributed by atoms with E-state index in [2.05, 4.69) is 23.6 Å². The van der Waals surface area contributed by atoms with Crippen LogP contribution in [0.4, 0.5) is 0 Å². The first-order valence-corrected chi connectivity index (χ1v) is 10.0. The Morgan fingerprint density at radius 1 is 0.800 bits per heavy atom. The first-order chi connectivity index (χ1) is 9.69. The molecule has 120 valence electrons. The second kappa shape index (κ2) is 11.2. The topological polar surface area (TPSA) is 58.5 Å². The van der Waals surface area contributed by atoms with E-state index >= 15 is 0 Å². The third-order valence-corrected chi connectivity index (χ3v) is 5.81. The average Bonchev–Trinajstić information content (AvgIpc) is 2.44. The lowest BCUT2D eigenvalue weighted by Gasteiger charge is -2.44. The highest BCUT2D eigenvalue weighted by Crippen LogP contribution is 2.16. The zero-order valence-corrected chi connectivity index (χ0v) is 14.7. The Kier molecular flexibility index (Phi) is 10.4. The molecule has 1 rings (SSSR count). The van der Waals surface area contributed by atoms with E-state index in [0.717, 1.165) is 24.6 Å². The van der Waals surface area contributed by atoms with Crippen LogP contribution >= 0.6 is 23.5 Å². The predicted octanol–water partition coefficient (Wildman–Crippen LogP) is 0.765. The molecule has 1 heterocycles. The van der Waals surface area contributed by atoms with Crippen LogP contribution in [0.15, 0.2) is 0 Å². The summed E-state index contributed by atoms with van der Waals surface area (Å²) in [5, 5.41) is 0. The van der Waals surface area contributed by atoms with Crippen molar-refractivity contribution in [2.24, 2.45) is 11.5 Å². The van der Waals surface area contributed by atoms with E-state index in [0.29, 0.717) is 12.1 Å². The van der Waals surface area contributed by atoms with Crippen LogP contribution in [0.3, 0.4) is 0 Å². The maximum atomic E-state index is 5.53. The van der Waals surface area contributed by atoms with Gasteiger partial charge < -0.3 is 11.5 Å². The molecular formula is C14H32N4S2. The Labute approximate surface area is 133 Å². The number of rotatable bonds is 10. The van der Waals surface area contributed by atoms with Crippen LogP contribution in [-0.2, 0) is 0 Å². The fourth-order valence-corrected chi connectivity index (χ4v) is 4.10. The van der Waals surface area contributed by atoms with Gasteiger partial charge in [-0.15, -0.1) is 0 Å². The summed E-state index contributed by atoms with van der Waals surface area (Å²) in [6.45, 7) is 11.1. The molecule has 6 heteroatoms. The van der Waals surface area contributed by atoms with E-state index < -0.39 is 0 Å². The second-order valence-corrected chi connectivity index (χ2v) is 7.94. The van der Waals surface area contributed by atoms with E-state index in [9.17, 15) is 0 Å². The van der Waals surface area contributed by atoms with E-state index in [1.807, 2.05) is 23.5 Å². The minimum absolute atomic E-state index is 0.671. The summed E-state index contributed by atoms with van der Waals surface area (Å²) >= 11 is 3.95. The van der Waals surface area contributed by atoms with Crippen molar-refractivity contribution in [1.82, 2.24) is 9.80 Å². The second-order valence-electron chi connectivity index (χ2n) is 5.49. The summed E-state index contributed by atoms with van der Waals surface area (Å²) in [6, 6.07) is 1.34. The quantitative estimate of drug-likeness (QED) is 0.580. The summed E-state index contributed by atoms with van der Waals surface area (Å²) < 4.78 is 0. The maximum absolute atomic E-state index is 5.53. The van der Waals surface area contributed by atoms with Crippen molar-refractivity contribution in [2.75, 3.05) is 62.3 Å². The van der Waals surface area contributed by atoms with Crippen molar-refractivity contribution in [2.45, 2.75) is 25.9 Å². The molecule has 1 aliphatic rings. The highest BCUT2D eigenvalue weighted by atomic mass is 32.2. The molecule has 0 radical (unpaired) electrons. The monoisotopic (exact) mass is 320 g/mol.